The van der Waals surface area contributed by atoms with Crippen LogP contribution >= 0.6 is 0 Å². The maximum absolute atomic E-state index is 12.0. The number of hydrogen-bond donors (Lipinski definition) is 2. The molecule has 3 aliphatic rings. The van der Waals surface area contributed by atoms with Crippen molar-refractivity contribution in [2.75, 3.05) is 13.2 Å². The van der Waals surface area contributed by atoms with Gasteiger partial charge in [-0.2, -0.15) is 0 Å². The Morgan fingerprint density at radius 3 is 2.67 bits per heavy atom. The van der Waals surface area contributed by atoms with Crippen LogP contribution in [-0.2, 0) is 19.0 Å². The lowest BCUT2D eigenvalue weighted by Gasteiger charge is -2.36. The van der Waals surface area contributed by atoms with Crippen LogP contribution in [0.25, 0.3) is 0 Å². The quantitative estimate of drug-likeness (QED) is 0.707. The first kappa shape index (κ1) is 14.7. The Kier molecular flexibility index (Phi) is 3.44. The normalized spacial score (nSPS) is 42.1. The van der Waals surface area contributed by atoms with E-state index in [2.05, 4.69) is 5.32 Å². The first-order chi connectivity index (χ1) is 9.82. The van der Waals surface area contributed by atoms with Crippen molar-refractivity contribution >= 4 is 11.9 Å². The van der Waals surface area contributed by atoms with Gasteiger partial charge in [0.2, 0.25) is 5.91 Å². The smallest absolute Gasteiger partial charge is 0.326 e. The van der Waals surface area contributed by atoms with Crippen molar-refractivity contribution in [1.82, 2.24) is 10.2 Å². The first-order valence-corrected chi connectivity index (χ1v) is 7.06. The van der Waals surface area contributed by atoms with Crippen molar-refractivity contribution < 1.29 is 28.9 Å². The fourth-order valence-electron chi connectivity index (χ4n) is 3.04. The fraction of sp³-hybridized carbons (Fsp3) is 0.846. The molecule has 0 aromatic heterocycles. The lowest BCUT2D eigenvalue weighted by atomic mass is 10.1. The molecule has 0 spiro atoms. The molecular weight excluding hydrogens is 280 g/mol. The Morgan fingerprint density at radius 2 is 2.00 bits per heavy atom. The van der Waals surface area contributed by atoms with Crippen molar-refractivity contribution in [3.05, 3.63) is 0 Å². The molecule has 3 fully saturated rings. The number of rotatable bonds is 2. The number of amides is 3. The summed E-state index contributed by atoms with van der Waals surface area (Å²) in [5.41, 5.74) is 0. The largest absolute Gasteiger partial charge is 0.394 e. The summed E-state index contributed by atoms with van der Waals surface area (Å²) in [4.78, 5) is 25.0. The molecule has 0 saturated carbocycles. The van der Waals surface area contributed by atoms with Crippen LogP contribution < -0.4 is 5.32 Å². The topological polar surface area (TPSA) is 97.3 Å². The number of aliphatic hydroxyl groups is 1. The van der Waals surface area contributed by atoms with Gasteiger partial charge in [0.1, 0.15) is 18.3 Å². The van der Waals surface area contributed by atoms with Gasteiger partial charge in [0, 0.05) is 6.54 Å². The van der Waals surface area contributed by atoms with E-state index in [9.17, 15) is 14.7 Å². The molecule has 118 valence electrons. The summed E-state index contributed by atoms with van der Waals surface area (Å²) in [5, 5.41) is 11.7. The van der Waals surface area contributed by atoms with Gasteiger partial charge in [-0.1, -0.05) is 6.92 Å². The Labute approximate surface area is 122 Å². The van der Waals surface area contributed by atoms with Crippen molar-refractivity contribution in [2.45, 2.75) is 51.1 Å². The predicted octanol–water partition coefficient (Wildman–Crippen LogP) is -0.588. The average Bonchev–Trinajstić information content (AvgIpc) is 2.87. The minimum Gasteiger partial charge on any atom is -0.394 e. The van der Waals surface area contributed by atoms with E-state index in [-0.39, 0.29) is 25.0 Å². The lowest BCUT2D eigenvalue weighted by Crippen LogP contribution is -2.59. The van der Waals surface area contributed by atoms with Crippen LogP contribution in [0.1, 0.15) is 20.8 Å². The fourth-order valence-corrected chi connectivity index (χ4v) is 3.04. The zero-order chi connectivity index (χ0) is 15.4. The van der Waals surface area contributed by atoms with Gasteiger partial charge in [-0.15, -0.1) is 0 Å². The molecular formula is C13H20N2O6. The van der Waals surface area contributed by atoms with Crippen LogP contribution in [0.4, 0.5) is 4.79 Å². The van der Waals surface area contributed by atoms with E-state index >= 15 is 0 Å². The molecule has 3 amide bonds. The van der Waals surface area contributed by atoms with E-state index in [0.717, 1.165) is 0 Å². The van der Waals surface area contributed by atoms with E-state index in [1.54, 1.807) is 20.8 Å². The second kappa shape index (κ2) is 4.91. The zero-order valence-electron chi connectivity index (χ0n) is 12.2. The number of fused-ring (bicyclic) bond motifs is 1. The highest BCUT2D eigenvalue weighted by Gasteiger charge is 2.58. The van der Waals surface area contributed by atoms with E-state index < -0.39 is 36.4 Å². The van der Waals surface area contributed by atoms with Gasteiger partial charge in [-0.05, 0) is 13.8 Å². The average molecular weight is 300 g/mol. The molecule has 8 heteroatoms. The molecule has 21 heavy (non-hydrogen) atoms. The van der Waals surface area contributed by atoms with Crippen LogP contribution in [-0.4, -0.2) is 65.4 Å². The molecule has 3 saturated heterocycles. The van der Waals surface area contributed by atoms with E-state index in [4.69, 9.17) is 14.2 Å². The molecule has 8 nitrogen and oxygen atoms in total. The maximum Gasteiger partial charge on any atom is 0.326 e. The molecule has 1 unspecified atom stereocenters. The summed E-state index contributed by atoms with van der Waals surface area (Å²) in [5.74, 6) is -1.42. The summed E-state index contributed by atoms with van der Waals surface area (Å²) in [6, 6.07) is -0.506. The highest BCUT2D eigenvalue weighted by Crippen LogP contribution is 2.40. The van der Waals surface area contributed by atoms with Crippen molar-refractivity contribution in [3.8, 4) is 0 Å². The number of imide groups is 1. The van der Waals surface area contributed by atoms with Gasteiger partial charge in [0.25, 0.3) is 0 Å². The molecule has 3 aliphatic heterocycles. The molecule has 0 aromatic carbocycles. The third-order valence-electron chi connectivity index (χ3n) is 4.02. The van der Waals surface area contributed by atoms with Crippen molar-refractivity contribution in [3.63, 3.8) is 0 Å². The molecule has 0 bridgehead atoms. The minimum atomic E-state index is -0.793. The highest BCUT2D eigenvalue weighted by atomic mass is 16.8. The molecule has 3 rings (SSSR count). The Bertz CT molecular complexity index is 468. The van der Waals surface area contributed by atoms with Gasteiger partial charge in [-0.3, -0.25) is 15.0 Å². The second-order valence-electron chi connectivity index (χ2n) is 6.16. The van der Waals surface area contributed by atoms with Crippen LogP contribution in [0.3, 0.4) is 0 Å². The lowest BCUT2D eigenvalue weighted by molar-refractivity contribution is -0.205. The molecule has 0 aliphatic carbocycles. The van der Waals surface area contributed by atoms with Gasteiger partial charge in [0.05, 0.1) is 12.5 Å². The number of nitrogens with one attached hydrogen (secondary N) is 1. The standard InChI is InChI=1S/C13H20N2O6/c1-6-4-15(12(18)14-10(6)17)11-9-8(7(5-16)19-11)20-13(2,3)21-9/h6-9,11,16H,4-5H2,1-3H3,(H,14,17,18)/t6?,7-,8-,9-,11-/m1/s1. The maximum atomic E-state index is 12.0. The zero-order valence-corrected chi connectivity index (χ0v) is 12.2. The Hall–Kier alpha value is -1.22. The molecule has 0 radical (unpaired) electrons. The molecule has 0 aromatic rings. The van der Waals surface area contributed by atoms with Crippen LogP contribution in [0.5, 0.6) is 0 Å². The minimum absolute atomic E-state index is 0.221. The number of aliphatic hydroxyl groups excluding tert-OH is 1. The van der Waals surface area contributed by atoms with Crippen LogP contribution in [0.15, 0.2) is 0 Å². The van der Waals surface area contributed by atoms with Crippen LogP contribution in [0.2, 0.25) is 0 Å². The van der Waals surface area contributed by atoms with E-state index in [0.29, 0.717) is 0 Å². The van der Waals surface area contributed by atoms with Crippen LogP contribution in [0, 0.1) is 5.92 Å². The van der Waals surface area contributed by atoms with Gasteiger partial charge < -0.3 is 19.3 Å². The van der Waals surface area contributed by atoms with E-state index in [1.807, 2.05) is 0 Å². The van der Waals surface area contributed by atoms with Crippen molar-refractivity contribution in [2.24, 2.45) is 5.92 Å². The Balaban J connectivity index is 1.82. The molecule has 3 heterocycles. The number of carbonyl (C=O) groups is 2. The van der Waals surface area contributed by atoms with Gasteiger partial charge in [-0.25, -0.2) is 4.79 Å². The SMILES string of the molecule is CC1CN([C@@H]2O[C@H](CO)[C@H]3OC(C)(C)O[C@H]32)C(=O)NC1=O. The van der Waals surface area contributed by atoms with E-state index in [1.165, 1.54) is 4.90 Å². The summed E-state index contributed by atoms with van der Waals surface area (Å²) >= 11 is 0. The molecule has 5 atom stereocenters. The monoisotopic (exact) mass is 300 g/mol. The van der Waals surface area contributed by atoms with Gasteiger partial charge >= 0.3 is 6.03 Å². The van der Waals surface area contributed by atoms with Gasteiger partial charge in [0.15, 0.2) is 12.0 Å². The number of nitrogens with zero attached hydrogens (tertiary/aromatic N) is 1. The summed E-state index contributed by atoms with van der Waals surface area (Å²) in [6.07, 6.45) is -2.15. The third-order valence-corrected chi connectivity index (χ3v) is 4.02. The van der Waals surface area contributed by atoms with Crippen molar-refractivity contribution in [1.29, 1.82) is 0 Å². The summed E-state index contributed by atoms with van der Waals surface area (Å²) in [7, 11) is 0. The third kappa shape index (κ3) is 2.42. The summed E-state index contributed by atoms with van der Waals surface area (Å²) < 4.78 is 17.3. The highest BCUT2D eigenvalue weighted by molar-refractivity contribution is 5.97. The number of hydrogen-bond acceptors (Lipinski definition) is 6. The number of ether oxygens (including phenoxy) is 3. The summed E-state index contributed by atoms with van der Waals surface area (Å²) in [6.45, 7) is 5.32. The molecule has 2 N–H and O–H groups in total. The number of urea groups is 1. The number of carbonyl (C=O) groups excluding carboxylic acids is 2. The Morgan fingerprint density at radius 1 is 1.33 bits per heavy atom. The second-order valence-corrected chi connectivity index (χ2v) is 6.16. The first-order valence-electron chi connectivity index (χ1n) is 7.06. The predicted molar refractivity (Wildman–Crippen MR) is 69.0 cm³/mol.